The Morgan fingerprint density at radius 1 is 1.35 bits per heavy atom. The van der Waals surface area contributed by atoms with E-state index in [1.54, 1.807) is 0 Å². The van der Waals surface area contributed by atoms with E-state index in [1.165, 1.54) is 12.7 Å². The van der Waals surface area contributed by atoms with Gasteiger partial charge in [-0.15, -0.1) is 0 Å². The highest BCUT2D eigenvalue weighted by Crippen LogP contribution is 2.28. The molecule has 1 heterocycles. The summed E-state index contributed by atoms with van der Waals surface area (Å²) in [5.74, 6) is -0.189. The summed E-state index contributed by atoms with van der Waals surface area (Å²) < 4.78 is 4.80. The summed E-state index contributed by atoms with van der Waals surface area (Å²) in [6.45, 7) is 0. The molecule has 0 fully saturated rings. The number of hydrogen-bond donors (Lipinski definition) is 0. The fraction of sp³-hybridized carbons (Fsp3) is 0.286. The largest absolute Gasteiger partial charge is 0.469 e. The zero-order chi connectivity index (χ0) is 11.8. The average molecular weight is 227 g/mol. The summed E-state index contributed by atoms with van der Waals surface area (Å²) in [4.78, 5) is 16.1. The van der Waals surface area contributed by atoms with Crippen molar-refractivity contribution in [3.8, 4) is 0 Å². The molecule has 3 heteroatoms. The molecule has 3 nitrogen and oxygen atoms in total. The predicted octanol–water partition coefficient (Wildman–Crippen LogP) is 2.12. The number of methoxy groups -OCH3 is 1. The van der Waals surface area contributed by atoms with Crippen molar-refractivity contribution in [2.75, 3.05) is 7.11 Å². The topological polar surface area (TPSA) is 39.2 Å². The highest BCUT2D eigenvalue weighted by atomic mass is 16.5. The lowest BCUT2D eigenvalue weighted by molar-refractivity contribution is -0.145. The van der Waals surface area contributed by atoms with E-state index in [0.717, 1.165) is 23.0 Å². The maximum Gasteiger partial charge on any atom is 0.309 e. The molecule has 0 aliphatic heterocycles. The summed E-state index contributed by atoms with van der Waals surface area (Å²) in [6, 6.07) is 10.2. The Labute approximate surface area is 99.4 Å². The third kappa shape index (κ3) is 1.68. The van der Waals surface area contributed by atoms with E-state index in [4.69, 9.17) is 4.74 Å². The first-order chi connectivity index (χ1) is 8.28. The van der Waals surface area contributed by atoms with Gasteiger partial charge in [-0.05, 0) is 24.1 Å². The zero-order valence-corrected chi connectivity index (χ0v) is 9.64. The van der Waals surface area contributed by atoms with E-state index in [0.29, 0.717) is 6.42 Å². The maximum absolute atomic E-state index is 11.5. The van der Waals surface area contributed by atoms with Crippen LogP contribution in [0.3, 0.4) is 0 Å². The van der Waals surface area contributed by atoms with Crippen LogP contribution >= 0.6 is 0 Å². The molecular weight excluding hydrogens is 214 g/mol. The van der Waals surface area contributed by atoms with Gasteiger partial charge < -0.3 is 4.74 Å². The van der Waals surface area contributed by atoms with Crippen molar-refractivity contribution < 1.29 is 9.53 Å². The van der Waals surface area contributed by atoms with Crippen molar-refractivity contribution in [1.29, 1.82) is 0 Å². The molecule has 0 saturated heterocycles. The number of pyridine rings is 1. The predicted molar refractivity (Wildman–Crippen MR) is 64.7 cm³/mol. The minimum Gasteiger partial charge on any atom is -0.469 e. The molecular formula is C14H13NO2. The van der Waals surface area contributed by atoms with Crippen molar-refractivity contribution in [2.24, 2.45) is 5.92 Å². The van der Waals surface area contributed by atoms with Crippen LogP contribution in [-0.4, -0.2) is 18.1 Å². The zero-order valence-electron chi connectivity index (χ0n) is 9.64. The number of esters is 1. The SMILES string of the molecule is COC(=O)[C@H]1Cc2cc3ccccc3nc2C1. The number of rotatable bonds is 1. The van der Waals surface area contributed by atoms with E-state index in [1.807, 2.05) is 24.3 Å². The number of fused-ring (bicyclic) bond motifs is 2. The molecule has 0 unspecified atom stereocenters. The summed E-state index contributed by atoms with van der Waals surface area (Å²) in [5.41, 5.74) is 3.22. The van der Waals surface area contributed by atoms with Crippen LogP contribution in [0.25, 0.3) is 10.9 Å². The lowest BCUT2D eigenvalue weighted by Crippen LogP contribution is -2.16. The van der Waals surface area contributed by atoms with Gasteiger partial charge in [0.05, 0.1) is 18.5 Å². The molecule has 0 amide bonds. The van der Waals surface area contributed by atoms with Gasteiger partial charge in [-0.2, -0.15) is 0 Å². The minimum absolute atomic E-state index is 0.0562. The van der Waals surface area contributed by atoms with Gasteiger partial charge in [-0.25, -0.2) is 0 Å². The number of ether oxygens (including phenoxy) is 1. The average Bonchev–Trinajstić information content (AvgIpc) is 2.77. The Hall–Kier alpha value is -1.90. The van der Waals surface area contributed by atoms with Crippen LogP contribution in [0.5, 0.6) is 0 Å². The van der Waals surface area contributed by atoms with Crippen molar-refractivity contribution in [1.82, 2.24) is 4.98 Å². The summed E-state index contributed by atoms with van der Waals surface area (Å²) in [6.07, 6.45) is 1.45. The molecule has 2 aromatic rings. The first-order valence-electron chi connectivity index (χ1n) is 5.73. The molecule has 1 atom stereocenters. The number of nitrogens with zero attached hydrogens (tertiary/aromatic N) is 1. The van der Waals surface area contributed by atoms with Crippen LogP contribution in [0.1, 0.15) is 11.3 Å². The Morgan fingerprint density at radius 2 is 2.18 bits per heavy atom. The highest BCUT2D eigenvalue weighted by molar-refractivity contribution is 5.81. The van der Waals surface area contributed by atoms with Gasteiger partial charge in [-0.3, -0.25) is 9.78 Å². The van der Waals surface area contributed by atoms with Crippen LogP contribution in [0.2, 0.25) is 0 Å². The van der Waals surface area contributed by atoms with E-state index < -0.39 is 0 Å². The van der Waals surface area contributed by atoms with Gasteiger partial charge in [0.25, 0.3) is 0 Å². The summed E-state index contributed by atoms with van der Waals surface area (Å²) in [5, 5.41) is 1.14. The van der Waals surface area contributed by atoms with Crippen molar-refractivity contribution in [3.63, 3.8) is 0 Å². The molecule has 1 aromatic carbocycles. The lowest BCUT2D eigenvalue weighted by Gasteiger charge is -2.03. The van der Waals surface area contributed by atoms with E-state index in [9.17, 15) is 4.79 Å². The molecule has 17 heavy (non-hydrogen) atoms. The smallest absolute Gasteiger partial charge is 0.309 e. The second-order valence-electron chi connectivity index (χ2n) is 4.42. The van der Waals surface area contributed by atoms with E-state index in [-0.39, 0.29) is 11.9 Å². The van der Waals surface area contributed by atoms with Gasteiger partial charge in [0.15, 0.2) is 0 Å². The van der Waals surface area contributed by atoms with Gasteiger partial charge in [0.2, 0.25) is 0 Å². The molecule has 1 aliphatic rings. The van der Waals surface area contributed by atoms with Crippen molar-refractivity contribution in [2.45, 2.75) is 12.8 Å². The Kier molecular flexibility index (Phi) is 2.32. The molecule has 1 aliphatic carbocycles. The number of aromatic nitrogens is 1. The first-order valence-corrected chi connectivity index (χ1v) is 5.73. The Bertz CT molecular complexity index is 547. The number of benzene rings is 1. The quantitative estimate of drug-likeness (QED) is 0.700. The third-order valence-electron chi connectivity index (χ3n) is 3.33. The normalized spacial score (nSPS) is 18.1. The Balaban J connectivity index is 2.02. The number of carbonyl (C=O) groups is 1. The minimum atomic E-state index is -0.132. The highest BCUT2D eigenvalue weighted by Gasteiger charge is 2.29. The van der Waals surface area contributed by atoms with Crippen LogP contribution in [-0.2, 0) is 22.4 Å². The fourth-order valence-electron chi connectivity index (χ4n) is 2.46. The van der Waals surface area contributed by atoms with Gasteiger partial charge in [0.1, 0.15) is 0 Å². The number of hydrogen-bond acceptors (Lipinski definition) is 3. The summed E-state index contributed by atoms with van der Waals surface area (Å²) >= 11 is 0. The summed E-state index contributed by atoms with van der Waals surface area (Å²) in [7, 11) is 1.44. The van der Waals surface area contributed by atoms with Crippen LogP contribution in [0.15, 0.2) is 30.3 Å². The number of para-hydroxylation sites is 1. The molecule has 0 spiro atoms. The molecule has 0 radical (unpaired) electrons. The first kappa shape index (κ1) is 10.3. The van der Waals surface area contributed by atoms with Crippen LogP contribution in [0, 0.1) is 5.92 Å². The van der Waals surface area contributed by atoms with Gasteiger partial charge in [-0.1, -0.05) is 18.2 Å². The van der Waals surface area contributed by atoms with E-state index in [2.05, 4.69) is 11.1 Å². The standard InChI is InChI=1S/C14H13NO2/c1-17-14(16)11-7-10-6-9-4-2-3-5-12(9)15-13(10)8-11/h2-6,11H,7-8H2,1H3/t11-/m0/s1. The third-order valence-corrected chi connectivity index (χ3v) is 3.33. The van der Waals surface area contributed by atoms with E-state index >= 15 is 0 Å². The second-order valence-corrected chi connectivity index (χ2v) is 4.42. The van der Waals surface area contributed by atoms with Crippen molar-refractivity contribution >= 4 is 16.9 Å². The maximum atomic E-state index is 11.5. The molecule has 3 rings (SSSR count). The fourth-order valence-corrected chi connectivity index (χ4v) is 2.46. The van der Waals surface area contributed by atoms with Gasteiger partial charge >= 0.3 is 5.97 Å². The second kappa shape index (κ2) is 3.84. The van der Waals surface area contributed by atoms with Crippen molar-refractivity contribution in [3.05, 3.63) is 41.6 Å². The monoisotopic (exact) mass is 227 g/mol. The molecule has 0 saturated carbocycles. The lowest BCUT2D eigenvalue weighted by atomic mass is 10.1. The molecule has 86 valence electrons. The van der Waals surface area contributed by atoms with Crippen LogP contribution in [0.4, 0.5) is 0 Å². The molecule has 0 N–H and O–H groups in total. The molecule has 0 bridgehead atoms. The number of carbonyl (C=O) groups excluding carboxylic acids is 1. The van der Waals surface area contributed by atoms with Crippen LogP contribution < -0.4 is 0 Å². The molecule has 1 aromatic heterocycles. The Morgan fingerprint density at radius 3 is 3.00 bits per heavy atom. The van der Waals surface area contributed by atoms with Gasteiger partial charge in [0, 0.05) is 17.5 Å².